The lowest BCUT2D eigenvalue weighted by Gasteiger charge is -2.15. The number of carbonyl (C=O) groups excluding carboxylic acids is 1. The van der Waals surface area contributed by atoms with Gasteiger partial charge in [0, 0.05) is 10.9 Å². The fraction of sp³-hybridized carbons (Fsp3) is 0. The van der Waals surface area contributed by atoms with Gasteiger partial charge in [-0.25, -0.2) is 4.98 Å². The number of primary amides is 1. The Bertz CT molecular complexity index is 1570. The van der Waals surface area contributed by atoms with E-state index in [2.05, 4.69) is 59.6 Å². The normalized spacial score (nSPS) is 11.7. The van der Waals surface area contributed by atoms with E-state index in [-0.39, 0.29) is 0 Å². The number of nitrogens with zero attached hydrogens (tertiary/aromatic N) is 1. The highest BCUT2D eigenvalue weighted by Crippen LogP contribution is 2.40. The van der Waals surface area contributed by atoms with Crippen molar-refractivity contribution in [3.63, 3.8) is 0 Å². The van der Waals surface area contributed by atoms with Gasteiger partial charge in [-0.2, -0.15) is 0 Å². The largest absolute Gasteiger partial charge is 0.364 e. The number of carbonyl (C=O) groups is 1. The van der Waals surface area contributed by atoms with E-state index in [4.69, 9.17) is 5.73 Å². The first kappa shape index (κ1) is 16.0. The fourth-order valence-electron chi connectivity index (χ4n) is 4.48. The molecule has 1 heterocycles. The molecule has 0 aliphatic rings. The summed E-state index contributed by atoms with van der Waals surface area (Å²) in [7, 11) is 0. The Hall–Kier alpha value is -3.98. The highest BCUT2D eigenvalue weighted by molar-refractivity contribution is 6.26. The standard InChI is InChI=1S/C26H16N2O/c27-26(29)25-21(14-18-4-1-2-7-22(18)28-25)19-12-10-17-9-8-15-5-3-6-16-11-13-20(19)24(17)23(15)16/h1-14H,(H2,27,29). The van der Waals surface area contributed by atoms with E-state index in [9.17, 15) is 4.79 Å². The van der Waals surface area contributed by atoms with Crippen molar-refractivity contribution in [1.82, 2.24) is 4.98 Å². The molecular formula is C26H16N2O. The van der Waals surface area contributed by atoms with E-state index < -0.39 is 5.91 Å². The van der Waals surface area contributed by atoms with Crippen LogP contribution in [0.4, 0.5) is 0 Å². The lowest BCUT2D eigenvalue weighted by Crippen LogP contribution is -2.14. The first-order valence-corrected chi connectivity index (χ1v) is 9.57. The first-order valence-electron chi connectivity index (χ1n) is 9.57. The minimum atomic E-state index is -0.517. The van der Waals surface area contributed by atoms with Crippen molar-refractivity contribution in [1.29, 1.82) is 0 Å². The zero-order valence-electron chi connectivity index (χ0n) is 15.5. The maximum Gasteiger partial charge on any atom is 0.267 e. The Morgan fingerprint density at radius 2 is 1.31 bits per heavy atom. The van der Waals surface area contributed by atoms with Gasteiger partial charge in [0.05, 0.1) is 5.52 Å². The number of nitrogens with two attached hydrogens (primary N) is 1. The van der Waals surface area contributed by atoms with Crippen molar-refractivity contribution < 1.29 is 4.79 Å². The van der Waals surface area contributed by atoms with Crippen molar-refractivity contribution in [2.75, 3.05) is 0 Å². The van der Waals surface area contributed by atoms with Crippen LogP contribution in [-0.2, 0) is 0 Å². The Kier molecular flexibility index (Phi) is 3.18. The molecular weight excluding hydrogens is 356 g/mol. The Balaban J connectivity index is 1.78. The Labute approximate surface area is 166 Å². The van der Waals surface area contributed by atoms with Gasteiger partial charge in [-0.1, -0.05) is 72.8 Å². The SMILES string of the molecule is NC(=O)c1nc2ccccc2cc1-c1ccc2ccc3cccc4ccc1c2c34. The maximum atomic E-state index is 12.3. The Morgan fingerprint density at radius 1 is 0.655 bits per heavy atom. The molecule has 0 aliphatic heterocycles. The number of rotatable bonds is 2. The molecule has 3 heteroatoms. The molecule has 0 bridgehead atoms. The zero-order valence-corrected chi connectivity index (χ0v) is 15.5. The van der Waals surface area contributed by atoms with Crippen LogP contribution in [0.25, 0.3) is 54.3 Å². The summed E-state index contributed by atoms with van der Waals surface area (Å²) in [5.41, 5.74) is 8.55. The van der Waals surface area contributed by atoms with Crippen molar-refractivity contribution in [3.8, 4) is 11.1 Å². The van der Waals surface area contributed by atoms with Gasteiger partial charge < -0.3 is 5.73 Å². The van der Waals surface area contributed by atoms with Crippen LogP contribution in [0.15, 0.2) is 84.9 Å². The topological polar surface area (TPSA) is 56.0 Å². The van der Waals surface area contributed by atoms with E-state index >= 15 is 0 Å². The highest BCUT2D eigenvalue weighted by Gasteiger charge is 2.18. The van der Waals surface area contributed by atoms with E-state index in [0.717, 1.165) is 27.4 Å². The molecule has 0 aliphatic carbocycles. The number of benzene rings is 5. The van der Waals surface area contributed by atoms with E-state index in [1.807, 2.05) is 30.3 Å². The zero-order chi connectivity index (χ0) is 19.5. The van der Waals surface area contributed by atoms with Gasteiger partial charge in [0.1, 0.15) is 5.69 Å². The molecule has 0 atom stereocenters. The minimum absolute atomic E-state index is 0.304. The predicted molar refractivity (Wildman–Crippen MR) is 119 cm³/mol. The second kappa shape index (κ2) is 5.76. The highest BCUT2D eigenvalue weighted by atomic mass is 16.1. The van der Waals surface area contributed by atoms with Gasteiger partial charge in [-0.05, 0) is 50.0 Å². The van der Waals surface area contributed by atoms with Gasteiger partial charge in [-0.15, -0.1) is 0 Å². The quantitative estimate of drug-likeness (QED) is 0.385. The maximum absolute atomic E-state index is 12.3. The number of pyridine rings is 1. The Morgan fingerprint density at radius 3 is 2.10 bits per heavy atom. The first-order chi connectivity index (χ1) is 14.2. The molecule has 29 heavy (non-hydrogen) atoms. The molecule has 0 unspecified atom stereocenters. The molecule has 1 amide bonds. The monoisotopic (exact) mass is 372 g/mol. The smallest absolute Gasteiger partial charge is 0.267 e. The number of fused-ring (bicyclic) bond motifs is 1. The molecule has 136 valence electrons. The second-order valence-corrected chi connectivity index (χ2v) is 7.41. The van der Waals surface area contributed by atoms with Gasteiger partial charge in [0.15, 0.2) is 0 Å². The molecule has 0 saturated carbocycles. The number of hydrogen-bond donors (Lipinski definition) is 1. The van der Waals surface area contributed by atoms with Crippen molar-refractivity contribution in [3.05, 3.63) is 90.6 Å². The van der Waals surface area contributed by atoms with Crippen molar-refractivity contribution >= 4 is 49.1 Å². The number of aromatic nitrogens is 1. The van der Waals surface area contributed by atoms with Gasteiger partial charge in [0.25, 0.3) is 5.91 Å². The number of amides is 1. The average molecular weight is 372 g/mol. The summed E-state index contributed by atoms with van der Waals surface area (Å²) in [6.07, 6.45) is 0. The van der Waals surface area contributed by atoms with Crippen molar-refractivity contribution in [2.45, 2.75) is 0 Å². The summed E-state index contributed by atoms with van der Waals surface area (Å²) in [4.78, 5) is 16.9. The van der Waals surface area contributed by atoms with Crippen LogP contribution >= 0.6 is 0 Å². The lowest BCUT2D eigenvalue weighted by atomic mass is 9.89. The van der Waals surface area contributed by atoms with Gasteiger partial charge >= 0.3 is 0 Å². The molecule has 5 aromatic carbocycles. The van der Waals surface area contributed by atoms with E-state index in [1.54, 1.807) is 0 Å². The number of para-hydroxylation sites is 1. The average Bonchev–Trinajstić information content (AvgIpc) is 2.76. The van der Waals surface area contributed by atoms with Crippen LogP contribution in [0.1, 0.15) is 10.5 Å². The van der Waals surface area contributed by atoms with Crippen LogP contribution in [0.5, 0.6) is 0 Å². The third-order valence-electron chi connectivity index (χ3n) is 5.78. The number of hydrogen-bond acceptors (Lipinski definition) is 2. The van der Waals surface area contributed by atoms with E-state index in [1.165, 1.54) is 26.9 Å². The van der Waals surface area contributed by atoms with Crippen LogP contribution < -0.4 is 5.73 Å². The van der Waals surface area contributed by atoms with Crippen LogP contribution in [0.2, 0.25) is 0 Å². The lowest BCUT2D eigenvalue weighted by molar-refractivity contribution is 0.0996. The molecule has 1 aromatic heterocycles. The van der Waals surface area contributed by atoms with Gasteiger partial charge in [-0.3, -0.25) is 4.79 Å². The molecule has 0 fully saturated rings. The molecule has 3 nitrogen and oxygen atoms in total. The van der Waals surface area contributed by atoms with E-state index in [0.29, 0.717) is 5.69 Å². The van der Waals surface area contributed by atoms with Crippen LogP contribution in [0.3, 0.4) is 0 Å². The van der Waals surface area contributed by atoms with Crippen LogP contribution in [0, 0.1) is 0 Å². The summed E-state index contributed by atoms with van der Waals surface area (Å²) < 4.78 is 0. The molecule has 0 radical (unpaired) electrons. The predicted octanol–water partition coefficient (Wildman–Crippen LogP) is 5.90. The molecule has 6 aromatic rings. The summed E-state index contributed by atoms with van der Waals surface area (Å²) in [6.45, 7) is 0. The second-order valence-electron chi connectivity index (χ2n) is 7.41. The third kappa shape index (κ3) is 2.25. The van der Waals surface area contributed by atoms with Gasteiger partial charge in [0.2, 0.25) is 0 Å². The summed E-state index contributed by atoms with van der Waals surface area (Å²) >= 11 is 0. The minimum Gasteiger partial charge on any atom is -0.364 e. The third-order valence-corrected chi connectivity index (χ3v) is 5.78. The summed E-state index contributed by atoms with van der Waals surface area (Å²) in [5.74, 6) is -0.517. The summed E-state index contributed by atoms with van der Waals surface area (Å²) in [5, 5.41) is 8.15. The molecule has 2 N–H and O–H groups in total. The molecule has 6 rings (SSSR count). The molecule has 0 spiro atoms. The molecule has 0 saturated heterocycles. The fourth-order valence-corrected chi connectivity index (χ4v) is 4.48. The van der Waals surface area contributed by atoms with Crippen LogP contribution in [-0.4, -0.2) is 10.9 Å². The van der Waals surface area contributed by atoms with Crippen molar-refractivity contribution in [2.24, 2.45) is 5.73 Å². The summed E-state index contributed by atoms with van der Waals surface area (Å²) in [6, 6.07) is 29.0.